The van der Waals surface area contributed by atoms with E-state index in [0.29, 0.717) is 5.92 Å². The summed E-state index contributed by atoms with van der Waals surface area (Å²) in [6.07, 6.45) is 5.38. The van der Waals surface area contributed by atoms with Gasteiger partial charge in [0, 0.05) is 18.1 Å². The van der Waals surface area contributed by atoms with Crippen molar-refractivity contribution in [2.75, 3.05) is 19.7 Å². The molecule has 0 bridgehead atoms. The molecule has 1 aliphatic heterocycles. The van der Waals surface area contributed by atoms with E-state index in [4.69, 9.17) is 16.3 Å². The molecule has 0 spiro atoms. The highest BCUT2D eigenvalue weighted by Crippen LogP contribution is 2.39. The molecule has 0 amide bonds. The van der Waals surface area contributed by atoms with Gasteiger partial charge in [-0.15, -0.1) is 0 Å². The summed E-state index contributed by atoms with van der Waals surface area (Å²) in [5.74, 6) is 1.53. The Hall–Kier alpha value is -0.570. The number of benzene rings is 1. The molecule has 2 nitrogen and oxygen atoms in total. The fourth-order valence-electron chi connectivity index (χ4n) is 3.43. The van der Waals surface area contributed by atoms with E-state index >= 15 is 0 Å². The zero-order chi connectivity index (χ0) is 13.9. The Morgan fingerprint density at radius 2 is 2.00 bits per heavy atom. The lowest BCUT2D eigenvalue weighted by molar-refractivity contribution is 0.0277. The quantitative estimate of drug-likeness (QED) is 0.878. The van der Waals surface area contributed by atoms with Gasteiger partial charge in [0.1, 0.15) is 0 Å². The Morgan fingerprint density at radius 1 is 1.20 bits per heavy atom. The highest BCUT2D eigenvalue weighted by molar-refractivity contribution is 6.31. The van der Waals surface area contributed by atoms with Crippen LogP contribution in [0, 0.1) is 5.92 Å². The van der Waals surface area contributed by atoms with Crippen LogP contribution in [-0.4, -0.2) is 19.7 Å². The average molecular weight is 294 g/mol. The smallest absolute Gasteiger partial charge is 0.0950 e. The van der Waals surface area contributed by atoms with Gasteiger partial charge in [0.25, 0.3) is 0 Å². The second kappa shape index (κ2) is 6.46. The van der Waals surface area contributed by atoms with Crippen LogP contribution in [0.4, 0.5) is 0 Å². The number of rotatable bonds is 2. The number of ether oxygens (including phenoxy) is 1. The van der Waals surface area contributed by atoms with Gasteiger partial charge in [0.2, 0.25) is 0 Å². The van der Waals surface area contributed by atoms with Crippen molar-refractivity contribution < 1.29 is 4.74 Å². The summed E-state index contributed by atoms with van der Waals surface area (Å²) in [4.78, 5) is 0. The maximum atomic E-state index is 6.54. The van der Waals surface area contributed by atoms with Crippen molar-refractivity contribution >= 4 is 11.6 Å². The molecule has 1 N–H and O–H groups in total. The van der Waals surface area contributed by atoms with Crippen LogP contribution in [0.3, 0.4) is 0 Å². The molecule has 0 aromatic heterocycles. The van der Waals surface area contributed by atoms with Gasteiger partial charge in [0.15, 0.2) is 0 Å². The molecule has 1 saturated heterocycles. The van der Waals surface area contributed by atoms with Crippen LogP contribution in [0.25, 0.3) is 0 Å². The average Bonchev–Trinajstić information content (AvgIpc) is 2.49. The monoisotopic (exact) mass is 293 g/mol. The summed E-state index contributed by atoms with van der Waals surface area (Å²) in [7, 11) is 0. The van der Waals surface area contributed by atoms with Gasteiger partial charge in [-0.05, 0) is 41.9 Å². The summed E-state index contributed by atoms with van der Waals surface area (Å²) < 4.78 is 5.80. The molecule has 1 unspecified atom stereocenters. The predicted octanol–water partition coefficient (Wildman–Crippen LogP) is 4.29. The molecule has 2 aliphatic rings. The second-order valence-electron chi connectivity index (χ2n) is 6.30. The third kappa shape index (κ3) is 3.19. The summed E-state index contributed by atoms with van der Waals surface area (Å²) in [6, 6.07) is 6.56. The lowest BCUT2D eigenvalue weighted by Crippen LogP contribution is -2.33. The Labute approximate surface area is 126 Å². The molecule has 1 atom stereocenters. The van der Waals surface area contributed by atoms with E-state index in [-0.39, 0.29) is 6.10 Å². The fourth-order valence-corrected chi connectivity index (χ4v) is 3.77. The van der Waals surface area contributed by atoms with E-state index in [1.54, 1.807) is 0 Å². The SMILES string of the molecule is CC1CCC(c2ccc(C3CNCCO3)cc2Cl)CC1. The molecule has 1 aromatic carbocycles. The highest BCUT2D eigenvalue weighted by Gasteiger charge is 2.23. The van der Waals surface area contributed by atoms with Gasteiger partial charge in [-0.2, -0.15) is 0 Å². The minimum Gasteiger partial charge on any atom is -0.371 e. The molecule has 0 radical (unpaired) electrons. The van der Waals surface area contributed by atoms with Crippen LogP contribution >= 0.6 is 11.6 Å². The van der Waals surface area contributed by atoms with Gasteiger partial charge in [-0.25, -0.2) is 0 Å². The first kappa shape index (κ1) is 14.4. The Balaban J connectivity index is 1.73. The molecule has 1 aromatic rings. The zero-order valence-corrected chi connectivity index (χ0v) is 13.0. The fraction of sp³-hybridized carbons (Fsp3) is 0.647. The Bertz CT molecular complexity index is 448. The van der Waals surface area contributed by atoms with Crippen LogP contribution in [0.1, 0.15) is 55.8 Å². The minimum absolute atomic E-state index is 0.154. The van der Waals surface area contributed by atoms with Crippen LogP contribution in [0.5, 0.6) is 0 Å². The van der Waals surface area contributed by atoms with Gasteiger partial charge >= 0.3 is 0 Å². The lowest BCUT2D eigenvalue weighted by Gasteiger charge is -2.28. The summed E-state index contributed by atoms with van der Waals surface area (Å²) in [5, 5.41) is 4.29. The van der Waals surface area contributed by atoms with E-state index in [2.05, 4.69) is 30.4 Å². The van der Waals surface area contributed by atoms with E-state index in [0.717, 1.165) is 30.6 Å². The lowest BCUT2D eigenvalue weighted by atomic mass is 9.79. The van der Waals surface area contributed by atoms with Crippen molar-refractivity contribution in [3.05, 3.63) is 34.3 Å². The molecule has 1 aliphatic carbocycles. The molecular weight excluding hydrogens is 270 g/mol. The van der Waals surface area contributed by atoms with E-state index in [1.807, 2.05) is 0 Å². The summed E-state index contributed by atoms with van der Waals surface area (Å²) in [5.41, 5.74) is 2.54. The van der Waals surface area contributed by atoms with Crippen molar-refractivity contribution in [2.24, 2.45) is 5.92 Å². The normalized spacial score (nSPS) is 31.2. The molecule has 1 heterocycles. The Morgan fingerprint density at radius 3 is 2.65 bits per heavy atom. The number of morpholine rings is 1. The van der Waals surface area contributed by atoms with Crippen LogP contribution in [0.2, 0.25) is 5.02 Å². The van der Waals surface area contributed by atoms with Crippen molar-refractivity contribution in [1.29, 1.82) is 0 Å². The molecule has 2 fully saturated rings. The van der Waals surface area contributed by atoms with Crippen molar-refractivity contribution in [3.63, 3.8) is 0 Å². The van der Waals surface area contributed by atoms with Gasteiger partial charge in [-0.1, -0.05) is 43.5 Å². The maximum Gasteiger partial charge on any atom is 0.0950 e. The molecular formula is C17H24ClNO. The van der Waals surface area contributed by atoms with E-state index < -0.39 is 0 Å². The molecule has 20 heavy (non-hydrogen) atoms. The van der Waals surface area contributed by atoms with Crippen molar-refractivity contribution in [3.8, 4) is 0 Å². The van der Waals surface area contributed by atoms with Gasteiger partial charge in [0.05, 0.1) is 12.7 Å². The minimum atomic E-state index is 0.154. The van der Waals surface area contributed by atoms with Crippen LogP contribution < -0.4 is 5.32 Å². The first-order valence-electron chi connectivity index (χ1n) is 7.85. The zero-order valence-electron chi connectivity index (χ0n) is 12.2. The molecule has 110 valence electrons. The first-order valence-corrected chi connectivity index (χ1v) is 8.23. The highest BCUT2D eigenvalue weighted by atomic mass is 35.5. The van der Waals surface area contributed by atoms with Crippen LogP contribution in [-0.2, 0) is 4.74 Å². The van der Waals surface area contributed by atoms with E-state index in [1.165, 1.54) is 36.8 Å². The van der Waals surface area contributed by atoms with Crippen molar-refractivity contribution in [1.82, 2.24) is 5.32 Å². The van der Waals surface area contributed by atoms with Crippen LogP contribution in [0.15, 0.2) is 18.2 Å². The molecule has 1 saturated carbocycles. The van der Waals surface area contributed by atoms with Crippen molar-refractivity contribution in [2.45, 2.75) is 44.6 Å². The van der Waals surface area contributed by atoms with E-state index in [9.17, 15) is 0 Å². The maximum absolute atomic E-state index is 6.54. The third-order valence-electron chi connectivity index (χ3n) is 4.78. The number of nitrogens with one attached hydrogen (secondary N) is 1. The van der Waals surface area contributed by atoms with Gasteiger partial charge in [-0.3, -0.25) is 0 Å². The third-order valence-corrected chi connectivity index (χ3v) is 5.11. The number of hydrogen-bond donors (Lipinski definition) is 1. The summed E-state index contributed by atoms with van der Waals surface area (Å²) in [6.45, 7) is 4.97. The van der Waals surface area contributed by atoms with Gasteiger partial charge < -0.3 is 10.1 Å². The first-order chi connectivity index (χ1) is 9.74. The largest absolute Gasteiger partial charge is 0.371 e. The topological polar surface area (TPSA) is 21.3 Å². The second-order valence-corrected chi connectivity index (χ2v) is 6.71. The molecule has 3 heteroatoms. The summed E-state index contributed by atoms with van der Waals surface area (Å²) >= 11 is 6.54. The number of hydrogen-bond acceptors (Lipinski definition) is 2. The standard InChI is InChI=1S/C17H24ClNO/c1-12-2-4-13(5-3-12)15-7-6-14(10-16(15)18)17-11-19-8-9-20-17/h6-7,10,12-13,17,19H,2-5,8-9,11H2,1H3. The Kier molecular flexibility index (Phi) is 4.65. The number of halogens is 1. The molecule has 3 rings (SSSR count). The predicted molar refractivity (Wildman–Crippen MR) is 83.4 cm³/mol.